The van der Waals surface area contributed by atoms with Gasteiger partial charge in [-0.2, -0.15) is 0 Å². The first-order valence-corrected chi connectivity index (χ1v) is 9.53. The van der Waals surface area contributed by atoms with Crippen molar-refractivity contribution >= 4 is 31.7 Å². The summed E-state index contributed by atoms with van der Waals surface area (Å²) in [6.45, 7) is 1.85. The average molecular weight is 422 g/mol. The van der Waals surface area contributed by atoms with Crippen molar-refractivity contribution < 1.29 is 17.6 Å². The minimum Gasteiger partial charge on any atom is -0.287 e. The van der Waals surface area contributed by atoms with Crippen molar-refractivity contribution in [2.45, 2.75) is 11.8 Å². The quantitative estimate of drug-likeness (QED) is 0.594. The molecule has 0 bridgehead atoms. The van der Waals surface area contributed by atoms with Crippen LogP contribution in [0.5, 0.6) is 0 Å². The molecule has 25 heavy (non-hydrogen) atoms. The minimum absolute atomic E-state index is 0.0547. The molecule has 0 radical (unpaired) electrons. The van der Waals surface area contributed by atoms with E-state index in [0.717, 1.165) is 15.6 Å². The number of hydrogen-bond acceptors (Lipinski definition) is 3. The summed E-state index contributed by atoms with van der Waals surface area (Å²) < 4.78 is 40.5. The van der Waals surface area contributed by atoms with E-state index in [0.29, 0.717) is 4.47 Å². The fraction of sp³-hybridized carbons (Fsp3) is 0.0556. The Morgan fingerprint density at radius 1 is 1.08 bits per heavy atom. The summed E-state index contributed by atoms with van der Waals surface area (Å²) in [6, 6.07) is 12.9. The molecule has 128 valence electrons. The van der Waals surface area contributed by atoms with Crippen LogP contribution in [-0.4, -0.2) is 18.2 Å². The Labute approximate surface area is 153 Å². The molecule has 7 heteroatoms. The van der Waals surface area contributed by atoms with Gasteiger partial charge in [0.2, 0.25) is 5.78 Å². The Kier molecular flexibility index (Phi) is 4.62. The smallest absolute Gasteiger partial charge is 0.268 e. The van der Waals surface area contributed by atoms with Gasteiger partial charge in [0.1, 0.15) is 11.5 Å². The molecule has 0 saturated heterocycles. The summed E-state index contributed by atoms with van der Waals surface area (Å²) in [5.41, 5.74) is 0.914. The number of hydrogen-bond donors (Lipinski definition) is 0. The highest BCUT2D eigenvalue weighted by Gasteiger charge is 2.24. The number of aromatic nitrogens is 1. The van der Waals surface area contributed by atoms with Crippen LogP contribution in [0.25, 0.3) is 0 Å². The van der Waals surface area contributed by atoms with Crippen LogP contribution in [0.4, 0.5) is 4.39 Å². The maximum atomic E-state index is 13.5. The molecule has 0 N–H and O–H groups in total. The number of benzene rings is 2. The largest absolute Gasteiger partial charge is 0.287 e. The Balaban J connectivity index is 2.10. The number of aryl methyl sites for hydroxylation is 1. The fourth-order valence-electron chi connectivity index (χ4n) is 2.38. The van der Waals surface area contributed by atoms with Crippen LogP contribution in [0.15, 0.2) is 70.2 Å². The normalized spacial score (nSPS) is 11.5. The van der Waals surface area contributed by atoms with Gasteiger partial charge < -0.3 is 0 Å². The molecule has 0 fully saturated rings. The zero-order chi connectivity index (χ0) is 18.2. The zero-order valence-electron chi connectivity index (χ0n) is 13.1. The second kappa shape index (κ2) is 6.57. The number of carbonyl (C=O) groups is 1. The van der Waals surface area contributed by atoms with Crippen molar-refractivity contribution in [2.75, 3.05) is 0 Å². The lowest BCUT2D eigenvalue weighted by Gasteiger charge is -2.11. The van der Waals surface area contributed by atoms with Gasteiger partial charge in [-0.15, -0.1) is 0 Å². The molecule has 0 aliphatic rings. The van der Waals surface area contributed by atoms with Gasteiger partial charge in [-0.25, -0.2) is 16.8 Å². The first-order valence-electron chi connectivity index (χ1n) is 7.30. The highest BCUT2D eigenvalue weighted by Crippen LogP contribution is 2.24. The lowest BCUT2D eigenvalue weighted by molar-refractivity contribution is 0.103. The van der Waals surface area contributed by atoms with E-state index in [1.807, 2.05) is 6.92 Å². The van der Waals surface area contributed by atoms with E-state index < -0.39 is 21.6 Å². The third kappa shape index (κ3) is 3.29. The lowest BCUT2D eigenvalue weighted by atomic mass is 10.1. The number of nitrogens with zero attached hydrogens (tertiary/aromatic N) is 1. The maximum Gasteiger partial charge on any atom is 0.268 e. The standard InChI is InChI=1S/C18H13BrFNO3S/c1-12-4-7-14(8-5-12)25(23,24)21-10-2-3-17(21)18(22)15-11-13(20)6-9-16(15)19/h2-11H,1H3. The third-order valence-corrected chi connectivity index (χ3v) is 6.09. The molecule has 1 aromatic heterocycles. The molecule has 4 nitrogen and oxygen atoms in total. The molecule has 0 aliphatic carbocycles. The minimum atomic E-state index is -3.93. The summed E-state index contributed by atoms with van der Waals surface area (Å²) >= 11 is 3.20. The van der Waals surface area contributed by atoms with Crippen molar-refractivity contribution in [3.05, 3.63) is 87.9 Å². The first-order chi connectivity index (χ1) is 11.8. The molecular formula is C18H13BrFNO3S. The van der Waals surface area contributed by atoms with Gasteiger partial charge >= 0.3 is 0 Å². The van der Waals surface area contributed by atoms with Crippen molar-refractivity contribution in [1.29, 1.82) is 0 Å². The predicted molar refractivity (Wildman–Crippen MR) is 95.7 cm³/mol. The van der Waals surface area contributed by atoms with E-state index >= 15 is 0 Å². The van der Waals surface area contributed by atoms with Crippen molar-refractivity contribution in [2.24, 2.45) is 0 Å². The Hall–Kier alpha value is -2.25. The molecule has 0 aliphatic heterocycles. The van der Waals surface area contributed by atoms with Crippen LogP contribution in [0.2, 0.25) is 0 Å². The SMILES string of the molecule is Cc1ccc(S(=O)(=O)n2cccc2C(=O)c2cc(F)ccc2Br)cc1. The maximum absolute atomic E-state index is 13.5. The van der Waals surface area contributed by atoms with Gasteiger partial charge in [0.05, 0.1) is 4.90 Å². The monoisotopic (exact) mass is 421 g/mol. The topological polar surface area (TPSA) is 56.1 Å². The number of rotatable bonds is 4. The van der Waals surface area contributed by atoms with Gasteiger partial charge in [0.25, 0.3) is 10.0 Å². The van der Waals surface area contributed by atoms with Crippen LogP contribution >= 0.6 is 15.9 Å². The number of halogens is 2. The fourth-order valence-corrected chi connectivity index (χ4v) is 4.15. The van der Waals surface area contributed by atoms with Gasteiger partial charge in [-0.1, -0.05) is 33.6 Å². The number of carbonyl (C=O) groups excluding carboxylic acids is 1. The first kappa shape index (κ1) is 17.6. The second-order valence-electron chi connectivity index (χ2n) is 5.46. The lowest BCUT2D eigenvalue weighted by Crippen LogP contribution is -2.18. The van der Waals surface area contributed by atoms with Gasteiger partial charge in [0, 0.05) is 16.2 Å². The Morgan fingerprint density at radius 3 is 2.44 bits per heavy atom. The van der Waals surface area contributed by atoms with Crippen LogP contribution in [0, 0.1) is 12.7 Å². The average Bonchev–Trinajstić information content (AvgIpc) is 3.07. The van der Waals surface area contributed by atoms with E-state index in [9.17, 15) is 17.6 Å². The molecule has 3 aromatic rings. The van der Waals surface area contributed by atoms with Crippen LogP contribution in [0.1, 0.15) is 21.6 Å². The summed E-state index contributed by atoms with van der Waals surface area (Å²) in [5.74, 6) is -1.17. The molecule has 2 aromatic carbocycles. The van der Waals surface area contributed by atoms with Crippen molar-refractivity contribution in [3.63, 3.8) is 0 Å². The van der Waals surface area contributed by atoms with Crippen LogP contribution < -0.4 is 0 Å². The Morgan fingerprint density at radius 2 is 1.76 bits per heavy atom. The van der Waals surface area contributed by atoms with Crippen LogP contribution in [0.3, 0.4) is 0 Å². The molecule has 0 atom stereocenters. The van der Waals surface area contributed by atoms with Crippen molar-refractivity contribution in [1.82, 2.24) is 3.97 Å². The third-order valence-electron chi connectivity index (χ3n) is 3.70. The zero-order valence-corrected chi connectivity index (χ0v) is 15.5. The highest BCUT2D eigenvalue weighted by molar-refractivity contribution is 9.10. The molecule has 0 amide bonds. The molecule has 3 rings (SSSR count). The summed E-state index contributed by atoms with van der Waals surface area (Å²) in [5, 5.41) is 0. The van der Waals surface area contributed by atoms with Crippen molar-refractivity contribution in [3.8, 4) is 0 Å². The number of ketones is 1. The Bertz CT molecular complexity index is 1060. The van der Waals surface area contributed by atoms with E-state index in [1.165, 1.54) is 42.6 Å². The van der Waals surface area contributed by atoms with E-state index in [2.05, 4.69) is 15.9 Å². The molecule has 0 spiro atoms. The summed E-state index contributed by atoms with van der Waals surface area (Å²) in [6.07, 6.45) is 1.30. The van der Waals surface area contributed by atoms with Gasteiger partial charge in [0.15, 0.2) is 0 Å². The molecular weight excluding hydrogens is 409 g/mol. The van der Waals surface area contributed by atoms with Gasteiger partial charge in [-0.3, -0.25) is 4.79 Å². The molecule has 1 heterocycles. The van der Waals surface area contributed by atoms with E-state index in [-0.39, 0.29) is 16.2 Å². The molecule has 0 saturated carbocycles. The van der Waals surface area contributed by atoms with Gasteiger partial charge in [-0.05, 0) is 49.4 Å². The summed E-state index contributed by atoms with van der Waals surface area (Å²) in [4.78, 5) is 12.8. The van der Waals surface area contributed by atoms with Crippen LogP contribution in [-0.2, 0) is 10.0 Å². The second-order valence-corrected chi connectivity index (χ2v) is 8.13. The summed E-state index contributed by atoms with van der Waals surface area (Å²) in [7, 11) is -3.93. The molecule has 0 unspecified atom stereocenters. The predicted octanol–water partition coefficient (Wildman–Crippen LogP) is 4.17. The highest BCUT2D eigenvalue weighted by atomic mass is 79.9. The van der Waals surface area contributed by atoms with E-state index in [1.54, 1.807) is 12.1 Å². The van der Waals surface area contributed by atoms with E-state index in [4.69, 9.17) is 0 Å².